The van der Waals surface area contributed by atoms with Crippen LogP contribution in [0.3, 0.4) is 0 Å². The topological polar surface area (TPSA) is 55.6 Å². The summed E-state index contributed by atoms with van der Waals surface area (Å²) >= 11 is 0. The maximum Gasteiger partial charge on any atom is 0.223 e. The highest BCUT2D eigenvalue weighted by atomic mass is 16.7. The Morgan fingerprint density at radius 1 is 1.27 bits per heavy atom. The highest BCUT2D eigenvalue weighted by Gasteiger charge is 2.59. The summed E-state index contributed by atoms with van der Waals surface area (Å²) in [6.07, 6.45) is 7.72. The second-order valence-electron chi connectivity index (χ2n) is 9.11. The third-order valence-electron chi connectivity index (χ3n) is 6.49. The van der Waals surface area contributed by atoms with Crippen molar-refractivity contribution < 1.29 is 9.63 Å². The summed E-state index contributed by atoms with van der Waals surface area (Å²) in [4.78, 5) is 18.3. The third-order valence-corrected chi connectivity index (χ3v) is 6.49. The zero-order valence-electron chi connectivity index (χ0n) is 14.0. The summed E-state index contributed by atoms with van der Waals surface area (Å²) in [6, 6.07) is 0.472. The third kappa shape index (κ3) is 2.03. The number of primary amides is 1. The predicted octanol–water partition coefficient (Wildman–Crippen LogP) is 2.84. The number of nitrogens with zero attached hydrogens (tertiary/aromatic N) is 1. The zero-order valence-corrected chi connectivity index (χ0v) is 14.0. The summed E-state index contributed by atoms with van der Waals surface area (Å²) in [5.74, 6) is 2.89. The maximum atomic E-state index is 12.0. The smallest absolute Gasteiger partial charge is 0.223 e. The lowest BCUT2D eigenvalue weighted by atomic mass is 9.47. The molecule has 2 unspecified atom stereocenters. The number of hydrogen-bond acceptors (Lipinski definition) is 3. The van der Waals surface area contributed by atoms with Crippen molar-refractivity contribution in [1.29, 1.82) is 0 Å². The molecule has 0 spiro atoms. The Morgan fingerprint density at radius 3 is 2.41 bits per heavy atom. The van der Waals surface area contributed by atoms with E-state index in [0.717, 1.165) is 31.6 Å². The van der Waals surface area contributed by atoms with E-state index in [1.165, 1.54) is 12.8 Å². The Bertz CT molecular complexity index is 518. The number of hydrogen-bond donors (Lipinski definition) is 1. The van der Waals surface area contributed by atoms with Gasteiger partial charge in [0.05, 0.1) is 12.6 Å². The van der Waals surface area contributed by atoms with Crippen molar-refractivity contribution in [3.05, 3.63) is 11.8 Å². The number of allylic oxidation sites excluding steroid dienone is 1. The molecule has 4 fully saturated rings. The zero-order chi connectivity index (χ0) is 15.7. The Kier molecular flexibility index (Phi) is 2.98. The quantitative estimate of drug-likeness (QED) is 0.853. The Labute approximate surface area is 133 Å². The van der Waals surface area contributed by atoms with Crippen molar-refractivity contribution in [2.75, 3.05) is 6.54 Å². The largest absolute Gasteiger partial charge is 0.410 e. The fraction of sp³-hybridized carbons (Fsp3) is 0.833. The molecule has 1 heterocycles. The van der Waals surface area contributed by atoms with E-state index in [1.54, 1.807) is 0 Å². The molecule has 4 heteroatoms. The second kappa shape index (κ2) is 4.50. The Balaban J connectivity index is 1.54. The number of amides is 1. The van der Waals surface area contributed by atoms with Crippen LogP contribution in [0.15, 0.2) is 11.8 Å². The van der Waals surface area contributed by atoms with Gasteiger partial charge in [-0.1, -0.05) is 20.8 Å². The van der Waals surface area contributed by atoms with Crippen molar-refractivity contribution in [3.63, 3.8) is 0 Å². The van der Waals surface area contributed by atoms with E-state index in [-0.39, 0.29) is 16.7 Å². The van der Waals surface area contributed by atoms with E-state index in [2.05, 4.69) is 31.9 Å². The highest BCUT2D eigenvalue weighted by Crippen LogP contribution is 2.61. The molecule has 0 aromatic rings. The normalized spacial score (nSPS) is 44.0. The van der Waals surface area contributed by atoms with Crippen LogP contribution in [0, 0.1) is 28.6 Å². The van der Waals surface area contributed by atoms with Crippen molar-refractivity contribution in [2.45, 2.75) is 58.9 Å². The molecule has 1 aliphatic heterocycles. The van der Waals surface area contributed by atoms with Crippen LogP contribution in [0.1, 0.15) is 52.9 Å². The molecule has 122 valence electrons. The van der Waals surface area contributed by atoms with Crippen LogP contribution in [-0.2, 0) is 9.63 Å². The van der Waals surface area contributed by atoms with Crippen LogP contribution in [0.4, 0.5) is 0 Å². The summed E-state index contributed by atoms with van der Waals surface area (Å²) in [5.41, 5.74) is 5.64. The Morgan fingerprint density at radius 2 is 1.91 bits per heavy atom. The van der Waals surface area contributed by atoms with Gasteiger partial charge in [0.15, 0.2) is 0 Å². The first-order valence-corrected chi connectivity index (χ1v) is 8.74. The lowest BCUT2D eigenvalue weighted by Crippen LogP contribution is -2.61. The molecular weight excluding hydrogens is 276 g/mol. The number of carbonyl (C=O) groups excluding carboxylic acids is 1. The Hall–Kier alpha value is -1.03. The molecule has 4 aliphatic carbocycles. The molecule has 2 atom stereocenters. The average molecular weight is 304 g/mol. The van der Waals surface area contributed by atoms with E-state index in [0.29, 0.717) is 23.8 Å². The molecule has 4 nitrogen and oxygen atoms in total. The van der Waals surface area contributed by atoms with E-state index in [1.807, 2.05) is 0 Å². The molecule has 5 rings (SSSR count). The van der Waals surface area contributed by atoms with Crippen LogP contribution in [-0.4, -0.2) is 23.6 Å². The molecule has 22 heavy (non-hydrogen) atoms. The standard InChI is InChI=1S/C18H28N2O2/c1-17(2,3)14-4-5-20(22-14)15-12-6-11-7-13(15)10-18(8-11,9-12)16(19)21/h4,11-13,15H,5-10H2,1-3H3,(H2,19,21). The van der Waals surface area contributed by atoms with Gasteiger partial charge in [-0.3, -0.25) is 4.79 Å². The molecule has 0 radical (unpaired) electrons. The van der Waals surface area contributed by atoms with Gasteiger partial charge in [0.25, 0.3) is 0 Å². The van der Waals surface area contributed by atoms with Gasteiger partial charge in [-0.2, -0.15) is 0 Å². The van der Waals surface area contributed by atoms with Crippen LogP contribution >= 0.6 is 0 Å². The molecule has 2 N–H and O–H groups in total. The van der Waals surface area contributed by atoms with Gasteiger partial charge in [0.1, 0.15) is 5.76 Å². The van der Waals surface area contributed by atoms with Crippen LogP contribution in [0.2, 0.25) is 0 Å². The van der Waals surface area contributed by atoms with Crippen LogP contribution < -0.4 is 5.73 Å². The first kappa shape index (κ1) is 14.6. The van der Waals surface area contributed by atoms with Gasteiger partial charge in [0, 0.05) is 10.8 Å². The molecule has 1 amide bonds. The van der Waals surface area contributed by atoms with E-state index >= 15 is 0 Å². The number of hydroxylamine groups is 2. The van der Waals surface area contributed by atoms with Gasteiger partial charge in [-0.05, 0) is 55.9 Å². The number of carbonyl (C=O) groups is 1. The van der Waals surface area contributed by atoms with Crippen molar-refractivity contribution >= 4 is 5.91 Å². The van der Waals surface area contributed by atoms with Crippen molar-refractivity contribution in [1.82, 2.24) is 5.06 Å². The summed E-state index contributed by atoms with van der Waals surface area (Å²) < 4.78 is 0. The lowest BCUT2D eigenvalue weighted by Gasteiger charge is -2.60. The molecule has 0 aromatic carbocycles. The van der Waals surface area contributed by atoms with Crippen LogP contribution in [0.5, 0.6) is 0 Å². The second-order valence-corrected chi connectivity index (χ2v) is 9.11. The van der Waals surface area contributed by atoms with Crippen molar-refractivity contribution in [3.8, 4) is 0 Å². The molecule has 0 aromatic heterocycles. The minimum atomic E-state index is -0.201. The van der Waals surface area contributed by atoms with Gasteiger partial charge in [0.2, 0.25) is 5.91 Å². The van der Waals surface area contributed by atoms with Crippen molar-refractivity contribution in [2.24, 2.45) is 34.3 Å². The predicted molar refractivity (Wildman–Crippen MR) is 84.3 cm³/mol. The average Bonchev–Trinajstić information content (AvgIpc) is 2.86. The molecule has 4 saturated carbocycles. The first-order chi connectivity index (χ1) is 10.3. The first-order valence-electron chi connectivity index (χ1n) is 8.74. The summed E-state index contributed by atoms with van der Waals surface area (Å²) in [6.45, 7) is 7.47. The van der Waals surface area contributed by atoms with Gasteiger partial charge in [-0.15, -0.1) is 5.06 Å². The van der Waals surface area contributed by atoms with E-state index in [4.69, 9.17) is 10.6 Å². The SMILES string of the molecule is CC(C)(C)C1=CCN(C2C3CC4CC2CC(C(N)=O)(C4)C3)O1. The maximum absolute atomic E-state index is 12.0. The van der Waals surface area contributed by atoms with E-state index in [9.17, 15) is 4.79 Å². The molecule has 4 bridgehead atoms. The van der Waals surface area contributed by atoms with E-state index < -0.39 is 0 Å². The highest BCUT2D eigenvalue weighted by molar-refractivity contribution is 5.81. The molecule has 5 aliphatic rings. The number of rotatable bonds is 2. The van der Waals surface area contributed by atoms with Crippen LogP contribution in [0.25, 0.3) is 0 Å². The lowest BCUT2D eigenvalue weighted by molar-refractivity contribution is -0.213. The minimum absolute atomic E-state index is 0.0544. The summed E-state index contributed by atoms with van der Waals surface area (Å²) in [7, 11) is 0. The minimum Gasteiger partial charge on any atom is -0.410 e. The van der Waals surface area contributed by atoms with Gasteiger partial charge in [-0.25, -0.2) is 0 Å². The fourth-order valence-electron chi connectivity index (χ4n) is 5.77. The van der Waals surface area contributed by atoms with Gasteiger partial charge < -0.3 is 10.6 Å². The monoisotopic (exact) mass is 304 g/mol. The summed E-state index contributed by atoms with van der Waals surface area (Å²) in [5, 5.41) is 2.21. The van der Waals surface area contributed by atoms with Gasteiger partial charge >= 0.3 is 0 Å². The number of nitrogens with two attached hydrogens (primary N) is 1. The fourth-order valence-corrected chi connectivity index (χ4v) is 5.77. The molecule has 0 saturated heterocycles. The molecular formula is C18H28N2O2.